The fourth-order valence-electron chi connectivity index (χ4n) is 3.21. The van der Waals surface area contributed by atoms with Crippen LogP contribution in [-0.4, -0.2) is 39.4 Å². The number of carbonyl (C=O) groups is 2. The van der Waals surface area contributed by atoms with E-state index < -0.39 is 0 Å². The summed E-state index contributed by atoms with van der Waals surface area (Å²) < 4.78 is 7.90. The van der Waals surface area contributed by atoms with Crippen molar-refractivity contribution in [2.75, 3.05) is 18.2 Å². The Kier molecular flexibility index (Phi) is 8.17. The highest BCUT2D eigenvalue weighted by atomic mass is 79.9. The van der Waals surface area contributed by atoms with Crippen molar-refractivity contribution in [1.82, 2.24) is 20.1 Å². The van der Waals surface area contributed by atoms with Crippen molar-refractivity contribution in [2.45, 2.75) is 11.7 Å². The Morgan fingerprint density at radius 3 is 2.37 bits per heavy atom. The number of anilines is 1. The summed E-state index contributed by atoms with van der Waals surface area (Å²) in [6, 6.07) is 23.8. The third-order valence-electron chi connectivity index (χ3n) is 4.93. The van der Waals surface area contributed by atoms with Crippen LogP contribution in [0.25, 0.3) is 5.69 Å². The lowest BCUT2D eigenvalue weighted by atomic mass is 10.2. The number of ether oxygens (including phenoxy) is 1. The molecule has 4 rings (SSSR count). The lowest BCUT2D eigenvalue weighted by Gasteiger charge is -2.11. The van der Waals surface area contributed by atoms with Crippen molar-refractivity contribution in [2.24, 2.45) is 0 Å². The topological polar surface area (TPSA) is 98.1 Å². The van der Waals surface area contributed by atoms with Gasteiger partial charge in [0.1, 0.15) is 5.75 Å². The van der Waals surface area contributed by atoms with Crippen molar-refractivity contribution >= 4 is 45.2 Å². The predicted octanol–water partition coefficient (Wildman–Crippen LogP) is 4.70. The van der Waals surface area contributed by atoms with Gasteiger partial charge in [0.15, 0.2) is 11.0 Å². The summed E-state index contributed by atoms with van der Waals surface area (Å²) in [6.45, 7) is 0.157. The Labute approximate surface area is 215 Å². The predicted molar refractivity (Wildman–Crippen MR) is 139 cm³/mol. The highest BCUT2D eigenvalue weighted by Crippen LogP contribution is 2.24. The Balaban J connectivity index is 1.49. The number of rotatable bonds is 9. The molecule has 0 fully saturated rings. The average molecular weight is 552 g/mol. The fraction of sp³-hybridized carbons (Fsp3) is 0.120. The Bertz CT molecular complexity index is 1300. The van der Waals surface area contributed by atoms with Gasteiger partial charge in [-0.2, -0.15) is 0 Å². The van der Waals surface area contributed by atoms with Gasteiger partial charge in [-0.05, 0) is 60.7 Å². The summed E-state index contributed by atoms with van der Waals surface area (Å²) in [7, 11) is 1.57. The molecule has 178 valence electrons. The van der Waals surface area contributed by atoms with Gasteiger partial charge in [-0.3, -0.25) is 14.2 Å². The van der Waals surface area contributed by atoms with Crippen LogP contribution in [0, 0.1) is 0 Å². The van der Waals surface area contributed by atoms with Crippen molar-refractivity contribution in [3.8, 4) is 11.4 Å². The summed E-state index contributed by atoms with van der Waals surface area (Å²) in [5.74, 6) is 0.979. The number of aromatic nitrogens is 3. The zero-order valence-corrected chi connectivity index (χ0v) is 21.2. The molecule has 0 radical (unpaired) electrons. The number of amides is 2. The molecular formula is C25H22BrN5O3S. The molecule has 0 aliphatic heterocycles. The van der Waals surface area contributed by atoms with Gasteiger partial charge >= 0.3 is 0 Å². The van der Waals surface area contributed by atoms with Gasteiger partial charge in [0.25, 0.3) is 5.91 Å². The summed E-state index contributed by atoms with van der Waals surface area (Å²) in [5, 5.41) is 14.9. The number of benzene rings is 3. The molecule has 35 heavy (non-hydrogen) atoms. The van der Waals surface area contributed by atoms with Gasteiger partial charge in [-0.25, -0.2) is 0 Å². The van der Waals surface area contributed by atoms with Gasteiger partial charge in [-0.1, -0.05) is 45.9 Å². The molecule has 1 heterocycles. The van der Waals surface area contributed by atoms with E-state index in [-0.39, 0.29) is 24.1 Å². The van der Waals surface area contributed by atoms with Crippen molar-refractivity contribution in [3.05, 3.63) is 94.7 Å². The summed E-state index contributed by atoms with van der Waals surface area (Å²) >= 11 is 4.72. The van der Waals surface area contributed by atoms with E-state index in [1.165, 1.54) is 11.8 Å². The maximum Gasteiger partial charge on any atom is 0.251 e. The van der Waals surface area contributed by atoms with Crippen molar-refractivity contribution in [3.63, 3.8) is 0 Å². The van der Waals surface area contributed by atoms with Crippen molar-refractivity contribution in [1.29, 1.82) is 0 Å². The van der Waals surface area contributed by atoms with E-state index in [4.69, 9.17) is 4.74 Å². The molecule has 0 aliphatic rings. The minimum Gasteiger partial charge on any atom is -0.497 e. The van der Waals surface area contributed by atoms with Crippen LogP contribution >= 0.6 is 27.7 Å². The number of methoxy groups -OCH3 is 1. The van der Waals surface area contributed by atoms with Crippen LogP contribution in [0.3, 0.4) is 0 Å². The normalized spacial score (nSPS) is 10.6. The third kappa shape index (κ3) is 6.49. The van der Waals surface area contributed by atoms with Crippen LogP contribution in [0.5, 0.6) is 5.75 Å². The molecule has 0 saturated carbocycles. The maximum atomic E-state index is 12.6. The highest BCUT2D eigenvalue weighted by Gasteiger charge is 2.17. The molecule has 0 atom stereocenters. The number of nitrogens with one attached hydrogen (secondary N) is 2. The molecule has 0 aliphatic carbocycles. The lowest BCUT2D eigenvalue weighted by Crippen LogP contribution is -2.24. The first-order chi connectivity index (χ1) is 17.0. The van der Waals surface area contributed by atoms with E-state index in [0.29, 0.717) is 22.3 Å². The van der Waals surface area contributed by atoms with Crippen LogP contribution in [0.4, 0.5) is 5.69 Å². The Hall–Kier alpha value is -3.63. The van der Waals surface area contributed by atoms with Crippen molar-refractivity contribution < 1.29 is 14.3 Å². The van der Waals surface area contributed by atoms with E-state index in [0.717, 1.165) is 15.8 Å². The number of para-hydroxylation sites is 1. The zero-order valence-electron chi connectivity index (χ0n) is 18.8. The first-order valence-corrected chi connectivity index (χ1v) is 12.4. The molecule has 0 bridgehead atoms. The molecule has 0 unspecified atom stereocenters. The number of halogens is 1. The molecule has 8 nitrogen and oxygen atoms in total. The highest BCUT2D eigenvalue weighted by molar-refractivity contribution is 9.10. The van der Waals surface area contributed by atoms with Gasteiger partial charge in [0.2, 0.25) is 5.91 Å². The number of thioether (sulfide) groups is 1. The van der Waals surface area contributed by atoms with Gasteiger partial charge < -0.3 is 15.4 Å². The van der Waals surface area contributed by atoms with E-state index in [2.05, 4.69) is 36.8 Å². The average Bonchev–Trinajstić information content (AvgIpc) is 3.30. The first-order valence-electron chi connectivity index (χ1n) is 10.6. The lowest BCUT2D eigenvalue weighted by molar-refractivity contribution is -0.113. The second-order valence-electron chi connectivity index (χ2n) is 7.32. The monoisotopic (exact) mass is 551 g/mol. The number of carbonyl (C=O) groups excluding carboxylic acids is 2. The molecule has 0 saturated heterocycles. The minimum absolute atomic E-state index is 0.152. The van der Waals surface area contributed by atoms with Crippen LogP contribution in [0.15, 0.2) is 88.5 Å². The Morgan fingerprint density at radius 2 is 1.69 bits per heavy atom. The van der Waals surface area contributed by atoms with E-state index in [9.17, 15) is 9.59 Å². The van der Waals surface area contributed by atoms with E-state index in [1.807, 2.05) is 59.2 Å². The molecule has 2 N–H and O–H groups in total. The van der Waals surface area contributed by atoms with Crippen LogP contribution in [0.2, 0.25) is 0 Å². The Morgan fingerprint density at radius 1 is 0.971 bits per heavy atom. The van der Waals surface area contributed by atoms with Crippen LogP contribution in [-0.2, 0) is 11.3 Å². The standard InChI is InChI=1S/C25H22BrN5O3S/c1-34-21-13-7-17(8-14-21)24(33)27-15-22-29-30-25(31(22)20-11-9-18(26)10-12-20)35-16-23(32)28-19-5-3-2-4-6-19/h2-14H,15-16H2,1H3,(H,27,33)(H,28,32). The van der Waals surface area contributed by atoms with E-state index in [1.54, 1.807) is 31.4 Å². The molecule has 10 heteroatoms. The molecular weight excluding hydrogens is 530 g/mol. The number of hydrogen-bond acceptors (Lipinski definition) is 6. The summed E-state index contributed by atoms with van der Waals surface area (Å²) in [6.07, 6.45) is 0. The number of nitrogens with zero attached hydrogens (tertiary/aromatic N) is 3. The van der Waals surface area contributed by atoms with Gasteiger partial charge in [-0.15, -0.1) is 10.2 Å². The maximum absolute atomic E-state index is 12.6. The third-order valence-corrected chi connectivity index (χ3v) is 6.39. The molecule has 1 aromatic heterocycles. The van der Waals surface area contributed by atoms with Crippen LogP contribution in [0.1, 0.15) is 16.2 Å². The van der Waals surface area contributed by atoms with E-state index >= 15 is 0 Å². The first kappa shape index (κ1) is 24.5. The fourth-order valence-corrected chi connectivity index (χ4v) is 4.25. The summed E-state index contributed by atoms with van der Waals surface area (Å²) in [4.78, 5) is 25.1. The SMILES string of the molecule is COc1ccc(C(=O)NCc2nnc(SCC(=O)Nc3ccccc3)n2-c2ccc(Br)cc2)cc1. The quantitative estimate of drug-likeness (QED) is 0.292. The molecule has 2 amide bonds. The summed E-state index contributed by atoms with van der Waals surface area (Å²) in [5.41, 5.74) is 2.06. The zero-order chi connectivity index (χ0) is 24.6. The second kappa shape index (κ2) is 11.7. The van der Waals surface area contributed by atoms with Crippen LogP contribution < -0.4 is 15.4 Å². The largest absolute Gasteiger partial charge is 0.497 e. The molecule has 0 spiro atoms. The van der Waals surface area contributed by atoms with Gasteiger partial charge in [0, 0.05) is 21.4 Å². The minimum atomic E-state index is -0.241. The molecule has 3 aromatic carbocycles. The van der Waals surface area contributed by atoms with Gasteiger partial charge in [0.05, 0.1) is 19.4 Å². The smallest absolute Gasteiger partial charge is 0.251 e. The second-order valence-corrected chi connectivity index (χ2v) is 9.18. The molecule has 4 aromatic rings. The number of hydrogen-bond donors (Lipinski definition) is 2.